The smallest absolute Gasteiger partial charge is 0.490 e. The Morgan fingerprint density at radius 1 is 1.06 bits per heavy atom. The summed E-state index contributed by atoms with van der Waals surface area (Å²) >= 11 is 5.26. The zero-order valence-electron chi connectivity index (χ0n) is 17.0. The Labute approximate surface area is 182 Å². The average Bonchev–Trinajstić information content (AvgIpc) is 2.68. The quantitative estimate of drug-likeness (QED) is 0.424. The molecule has 0 bridgehead atoms. The molecular formula is C20H21F3N2O5S. The lowest BCUT2D eigenvalue weighted by Crippen LogP contribution is -2.21. The highest BCUT2D eigenvalue weighted by molar-refractivity contribution is 7.80. The van der Waals surface area contributed by atoms with Gasteiger partial charge < -0.3 is 29.6 Å². The van der Waals surface area contributed by atoms with Gasteiger partial charge in [0.05, 0.1) is 31.6 Å². The number of halogens is 3. The molecule has 2 N–H and O–H groups in total. The number of thiocarbonyl (C=S) groups is 1. The number of methoxy groups -OCH3 is 1. The average molecular weight is 458 g/mol. The first-order valence-corrected chi connectivity index (χ1v) is 9.53. The molecule has 7 nitrogen and oxygen atoms in total. The molecule has 2 aromatic rings. The molecule has 0 aliphatic rings. The van der Waals surface area contributed by atoms with Gasteiger partial charge in [0.2, 0.25) is 0 Å². The molecule has 0 atom stereocenters. The van der Waals surface area contributed by atoms with Crippen LogP contribution in [0.3, 0.4) is 0 Å². The van der Waals surface area contributed by atoms with Crippen molar-refractivity contribution in [3.05, 3.63) is 42.0 Å². The van der Waals surface area contributed by atoms with Crippen molar-refractivity contribution < 1.29 is 36.9 Å². The summed E-state index contributed by atoms with van der Waals surface area (Å²) in [4.78, 5) is 12.0. The van der Waals surface area contributed by atoms with Crippen LogP contribution in [0.5, 0.6) is 17.2 Å². The minimum Gasteiger partial charge on any atom is -0.490 e. The summed E-state index contributed by atoms with van der Waals surface area (Å²) in [5.74, 6) is -0.377. The van der Waals surface area contributed by atoms with Crippen molar-refractivity contribution in [1.29, 1.82) is 0 Å². The van der Waals surface area contributed by atoms with E-state index in [2.05, 4.69) is 15.4 Å². The molecule has 0 radical (unpaired) electrons. The van der Waals surface area contributed by atoms with Crippen molar-refractivity contribution in [2.75, 3.05) is 31.0 Å². The molecule has 0 unspecified atom stereocenters. The van der Waals surface area contributed by atoms with Crippen LogP contribution in [0.1, 0.15) is 24.2 Å². The third-order valence-corrected chi connectivity index (χ3v) is 3.84. The standard InChI is InChI=1S/C20H21F3N2O5S/c1-4-28-16-10-12(18(26)27-3)9-15(17(16)29-5-2)25-19(31)24-13-7-6-8-14(11-13)30-20(21,22)23/h6-11H,4-5H2,1-3H3,(H2,24,25,31). The number of esters is 1. The van der Waals surface area contributed by atoms with E-state index in [1.54, 1.807) is 13.8 Å². The predicted octanol–water partition coefficient (Wildman–Crippen LogP) is 4.98. The fourth-order valence-corrected chi connectivity index (χ4v) is 2.77. The third kappa shape index (κ3) is 7.21. The molecule has 11 heteroatoms. The zero-order valence-corrected chi connectivity index (χ0v) is 17.8. The Balaban J connectivity index is 2.29. The first-order valence-electron chi connectivity index (χ1n) is 9.12. The fraction of sp³-hybridized carbons (Fsp3) is 0.300. The second-order valence-corrected chi connectivity index (χ2v) is 6.27. The number of rotatable bonds is 8. The van der Waals surface area contributed by atoms with E-state index in [4.69, 9.17) is 26.4 Å². The third-order valence-electron chi connectivity index (χ3n) is 3.64. The van der Waals surface area contributed by atoms with Crippen LogP contribution in [0.15, 0.2) is 36.4 Å². The number of carbonyl (C=O) groups excluding carboxylic acids is 1. The summed E-state index contributed by atoms with van der Waals surface area (Å²) < 4.78 is 57.2. The first kappa shape index (κ1) is 24.1. The number of ether oxygens (including phenoxy) is 4. The van der Waals surface area contributed by atoms with Crippen LogP contribution in [0.4, 0.5) is 24.5 Å². The number of hydrogen-bond donors (Lipinski definition) is 2. The Morgan fingerprint density at radius 2 is 1.77 bits per heavy atom. The van der Waals surface area contributed by atoms with E-state index in [-0.39, 0.29) is 16.4 Å². The molecule has 2 rings (SSSR count). The van der Waals surface area contributed by atoms with Crippen molar-refractivity contribution in [3.63, 3.8) is 0 Å². The van der Waals surface area contributed by atoms with Crippen LogP contribution < -0.4 is 24.8 Å². The summed E-state index contributed by atoms with van der Waals surface area (Å²) in [6, 6.07) is 8.15. The van der Waals surface area contributed by atoms with E-state index >= 15 is 0 Å². The summed E-state index contributed by atoms with van der Waals surface area (Å²) in [7, 11) is 1.24. The van der Waals surface area contributed by atoms with Gasteiger partial charge in [0.25, 0.3) is 0 Å². The van der Waals surface area contributed by atoms with Crippen molar-refractivity contribution in [3.8, 4) is 17.2 Å². The van der Waals surface area contributed by atoms with E-state index in [9.17, 15) is 18.0 Å². The van der Waals surface area contributed by atoms with Gasteiger partial charge >= 0.3 is 12.3 Å². The van der Waals surface area contributed by atoms with Gasteiger partial charge in [-0.1, -0.05) is 6.07 Å². The lowest BCUT2D eigenvalue weighted by Gasteiger charge is -2.19. The van der Waals surface area contributed by atoms with Gasteiger partial charge in [-0.15, -0.1) is 13.2 Å². The Morgan fingerprint density at radius 3 is 2.39 bits per heavy atom. The van der Waals surface area contributed by atoms with Crippen LogP contribution >= 0.6 is 12.2 Å². The van der Waals surface area contributed by atoms with Gasteiger partial charge in [-0.2, -0.15) is 0 Å². The molecule has 168 valence electrons. The lowest BCUT2D eigenvalue weighted by molar-refractivity contribution is -0.274. The lowest BCUT2D eigenvalue weighted by atomic mass is 10.1. The molecule has 0 spiro atoms. The van der Waals surface area contributed by atoms with Crippen LogP contribution in [0, 0.1) is 0 Å². The Hall–Kier alpha value is -3.21. The number of carbonyl (C=O) groups is 1. The summed E-state index contributed by atoms with van der Waals surface area (Å²) in [6.45, 7) is 4.18. The van der Waals surface area contributed by atoms with Gasteiger partial charge in [-0.3, -0.25) is 0 Å². The predicted molar refractivity (Wildman–Crippen MR) is 113 cm³/mol. The summed E-state index contributed by atoms with van der Waals surface area (Å²) in [6.07, 6.45) is -4.81. The zero-order chi connectivity index (χ0) is 23.0. The van der Waals surface area contributed by atoms with Crippen LogP contribution in [-0.4, -0.2) is 37.8 Å². The second-order valence-electron chi connectivity index (χ2n) is 5.86. The maximum absolute atomic E-state index is 12.4. The molecule has 0 saturated carbocycles. The molecule has 0 fully saturated rings. The normalized spacial score (nSPS) is 10.8. The minimum absolute atomic E-state index is 0.0366. The van der Waals surface area contributed by atoms with Gasteiger partial charge in [-0.05, 0) is 50.3 Å². The van der Waals surface area contributed by atoms with E-state index in [1.165, 1.54) is 31.4 Å². The number of benzene rings is 2. The van der Waals surface area contributed by atoms with Gasteiger partial charge in [0.1, 0.15) is 5.75 Å². The maximum atomic E-state index is 12.4. The monoisotopic (exact) mass is 458 g/mol. The van der Waals surface area contributed by atoms with Crippen LogP contribution in [0.2, 0.25) is 0 Å². The topological polar surface area (TPSA) is 78.1 Å². The van der Waals surface area contributed by atoms with Crippen molar-refractivity contribution >= 4 is 34.7 Å². The second kappa shape index (κ2) is 10.7. The minimum atomic E-state index is -4.81. The van der Waals surface area contributed by atoms with Crippen molar-refractivity contribution in [2.45, 2.75) is 20.2 Å². The molecule has 0 aliphatic heterocycles. The van der Waals surface area contributed by atoms with Gasteiger partial charge in [0, 0.05) is 11.8 Å². The molecule has 0 amide bonds. The largest absolute Gasteiger partial charge is 0.573 e. The Kier molecular flexibility index (Phi) is 8.31. The van der Waals surface area contributed by atoms with E-state index in [1.807, 2.05) is 0 Å². The molecular weight excluding hydrogens is 437 g/mol. The molecule has 0 heterocycles. The van der Waals surface area contributed by atoms with E-state index in [0.717, 1.165) is 12.1 Å². The SMILES string of the molecule is CCOc1cc(C(=O)OC)cc(NC(=S)Nc2cccc(OC(F)(F)F)c2)c1OCC. The van der Waals surface area contributed by atoms with Crippen LogP contribution in [-0.2, 0) is 4.74 Å². The molecule has 0 saturated heterocycles. The highest BCUT2D eigenvalue weighted by Gasteiger charge is 2.31. The first-order chi connectivity index (χ1) is 14.7. The Bertz CT molecular complexity index is 938. The molecule has 2 aromatic carbocycles. The van der Waals surface area contributed by atoms with Crippen LogP contribution in [0.25, 0.3) is 0 Å². The fourth-order valence-electron chi connectivity index (χ4n) is 2.54. The highest BCUT2D eigenvalue weighted by atomic mass is 32.1. The van der Waals surface area contributed by atoms with Crippen molar-refractivity contribution in [1.82, 2.24) is 0 Å². The number of nitrogens with one attached hydrogen (secondary N) is 2. The van der Waals surface area contributed by atoms with Gasteiger partial charge in [-0.25, -0.2) is 4.79 Å². The number of anilines is 2. The molecule has 0 aliphatic carbocycles. The van der Waals surface area contributed by atoms with E-state index in [0.29, 0.717) is 30.4 Å². The van der Waals surface area contributed by atoms with Crippen molar-refractivity contribution in [2.24, 2.45) is 0 Å². The van der Waals surface area contributed by atoms with Gasteiger partial charge in [0.15, 0.2) is 16.6 Å². The summed E-state index contributed by atoms with van der Waals surface area (Å²) in [5, 5.41) is 5.67. The number of hydrogen-bond acceptors (Lipinski definition) is 6. The maximum Gasteiger partial charge on any atom is 0.573 e. The molecule has 0 aromatic heterocycles. The summed E-state index contributed by atoms with van der Waals surface area (Å²) in [5.41, 5.74) is 0.764. The molecule has 31 heavy (non-hydrogen) atoms. The van der Waals surface area contributed by atoms with E-state index < -0.39 is 18.1 Å². The number of alkyl halides is 3. The highest BCUT2D eigenvalue weighted by Crippen LogP contribution is 2.37.